The Labute approximate surface area is 214 Å². The predicted octanol–water partition coefficient (Wildman–Crippen LogP) is 6.14. The number of anilines is 1. The zero-order valence-corrected chi connectivity index (χ0v) is 20.1. The molecule has 3 aromatic carbocycles. The lowest BCUT2D eigenvalue weighted by Gasteiger charge is -2.15. The largest absolute Gasteiger partial charge is 0.481 e. The van der Waals surface area contributed by atoms with Crippen molar-refractivity contribution in [2.45, 2.75) is 19.4 Å². The molecule has 1 atom stereocenters. The van der Waals surface area contributed by atoms with E-state index in [2.05, 4.69) is 20.8 Å². The summed E-state index contributed by atoms with van der Waals surface area (Å²) in [4.78, 5) is 23.6. The van der Waals surface area contributed by atoms with E-state index in [-0.39, 0.29) is 17.9 Å². The van der Waals surface area contributed by atoms with Crippen molar-refractivity contribution in [3.05, 3.63) is 83.0 Å². The number of carboxylic acid groups (broad SMARTS) is 1. The van der Waals surface area contributed by atoms with Crippen LogP contribution in [0.5, 0.6) is 0 Å². The molecule has 10 nitrogen and oxygen atoms in total. The van der Waals surface area contributed by atoms with Gasteiger partial charge in [-0.25, -0.2) is 9.42 Å². The van der Waals surface area contributed by atoms with Crippen LogP contribution in [0.3, 0.4) is 0 Å². The summed E-state index contributed by atoms with van der Waals surface area (Å²) in [5.41, 5.74) is 4.49. The highest BCUT2D eigenvalue weighted by Gasteiger charge is 2.22. The highest BCUT2D eigenvalue weighted by molar-refractivity contribution is 6.31. The summed E-state index contributed by atoms with van der Waals surface area (Å²) < 4.78 is 15.9. The summed E-state index contributed by atoms with van der Waals surface area (Å²) >= 11 is 6.20. The summed E-state index contributed by atoms with van der Waals surface area (Å²) in [6.07, 6.45) is -0.0271. The second-order valence-electron chi connectivity index (χ2n) is 8.15. The van der Waals surface area contributed by atoms with E-state index in [0.717, 1.165) is 11.1 Å². The molecular formula is C26H19ClN4O6. The number of carbonyl (C=O) groups is 2. The van der Waals surface area contributed by atoms with Crippen molar-refractivity contribution in [1.29, 1.82) is 0 Å². The SMILES string of the molecule is CC(OC(=O)Nc1cnoc1-c1ccc(-c2ccc(CC(=O)O)cc2)c2nonc12)c1ccccc1Cl. The number of fused-ring (bicyclic) bond motifs is 1. The van der Waals surface area contributed by atoms with Gasteiger partial charge < -0.3 is 14.4 Å². The minimum atomic E-state index is -0.904. The molecule has 2 heterocycles. The second-order valence-corrected chi connectivity index (χ2v) is 8.56. The van der Waals surface area contributed by atoms with Gasteiger partial charge in [-0.1, -0.05) is 65.3 Å². The molecule has 11 heteroatoms. The number of halogens is 1. The average molecular weight is 519 g/mol. The van der Waals surface area contributed by atoms with Gasteiger partial charge in [-0.05, 0) is 40.5 Å². The molecule has 186 valence electrons. The van der Waals surface area contributed by atoms with Gasteiger partial charge in [0.15, 0.2) is 5.76 Å². The lowest BCUT2D eigenvalue weighted by Crippen LogP contribution is -2.16. The minimum Gasteiger partial charge on any atom is -0.481 e. The van der Waals surface area contributed by atoms with E-state index in [9.17, 15) is 9.59 Å². The highest BCUT2D eigenvalue weighted by atomic mass is 35.5. The lowest BCUT2D eigenvalue weighted by molar-refractivity contribution is -0.136. The smallest absolute Gasteiger partial charge is 0.412 e. The molecule has 0 bridgehead atoms. The fourth-order valence-electron chi connectivity index (χ4n) is 3.95. The van der Waals surface area contributed by atoms with Gasteiger partial charge in [0.1, 0.15) is 22.8 Å². The monoisotopic (exact) mass is 518 g/mol. The van der Waals surface area contributed by atoms with Gasteiger partial charge in [-0.2, -0.15) is 0 Å². The van der Waals surface area contributed by atoms with Crippen molar-refractivity contribution in [3.63, 3.8) is 0 Å². The fraction of sp³-hybridized carbons (Fsp3) is 0.115. The van der Waals surface area contributed by atoms with Crippen LogP contribution < -0.4 is 5.32 Å². The molecule has 0 saturated carbocycles. The van der Waals surface area contributed by atoms with Gasteiger partial charge in [-0.3, -0.25) is 10.1 Å². The van der Waals surface area contributed by atoms with Gasteiger partial charge in [0.05, 0.1) is 18.2 Å². The number of aliphatic carboxylic acids is 1. The van der Waals surface area contributed by atoms with Gasteiger partial charge in [0.25, 0.3) is 0 Å². The van der Waals surface area contributed by atoms with Crippen LogP contribution in [0.25, 0.3) is 33.5 Å². The zero-order chi connectivity index (χ0) is 25.9. The number of hydrogen-bond donors (Lipinski definition) is 2. The molecule has 5 rings (SSSR count). The Bertz CT molecular complexity index is 1590. The molecule has 2 aromatic heterocycles. The van der Waals surface area contributed by atoms with Crippen LogP contribution in [0, 0.1) is 0 Å². The van der Waals surface area contributed by atoms with E-state index < -0.39 is 18.2 Å². The Hall–Kier alpha value is -4.70. The first-order valence-electron chi connectivity index (χ1n) is 11.1. The zero-order valence-electron chi connectivity index (χ0n) is 19.3. The van der Waals surface area contributed by atoms with Crippen LogP contribution >= 0.6 is 11.6 Å². The van der Waals surface area contributed by atoms with Gasteiger partial charge in [0.2, 0.25) is 0 Å². The number of ether oxygens (including phenoxy) is 1. The molecule has 0 spiro atoms. The first-order valence-corrected chi connectivity index (χ1v) is 11.5. The summed E-state index contributed by atoms with van der Waals surface area (Å²) in [5.74, 6) is -0.662. The van der Waals surface area contributed by atoms with Crippen LogP contribution in [0.4, 0.5) is 10.5 Å². The minimum absolute atomic E-state index is 0.0684. The summed E-state index contributed by atoms with van der Waals surface area (Å²) in [6, 6.07) is 17.7. The summed E-state index contributed by atoms with van der Waals surface area (Å²) in [7, 11) is 0. The number of rotatable bonds is 7. The van der Waals surface area contributed by atoms with E-state index in [4.69, 9.17) is 30.6 Å². The molecule has 0 aliphatic carbocycles. The van der Waals surface area contributed by atoms with Crippen molar-refractivity contribution in [3.8, 4) is 22.5 Å². The third-order valence-electron chi connectivity index (χ3n) is 5.71. The van der Waals surface area contributed by atoms with Gasteiger partial charge in [-0.15, -0.1) is 0 Å². The maximum absolute atomic E-state index is 12.6. The van der Waals surface area contributed by atoms with Crippen molar-refractivity contribution < 1.29 is 28.6 Å². The third-order valence-corrected chi connectivity index (χ3v) is 6.06. The van der Waals surface area contributed by atoms with E-state index in [1.165, 1.54) is 6.20 Å². The Morgan fingerprint density at radius 3 is 2.46 bits per heavy atom. The van der Waals surface area contributed by atoms with Crippen LogP contribution in [-0.2, 0) is 16.0 Å². The molecule has 0 aliphatic rings. The molecule has 0 fully saturated rings. The van der Waals surface area contributed by atoms with Crippen LogP contribution in [-0.4, -0.2) is 32.6 Å². The maximum Gasteiger partial charge on any atom is 0.412 e. The average Bonchev–Trinajstić information content (AvgIpc) is 3.54. The van der Waals surface area contributed by atoms with Crippen molar-refractivity contribution in [2.24, 2.45) is 0 Å². The Morgan fingerprint density at radius 1 is 1.03 bits per heavy atom. The number of hydrogen-bond acceptors (Lipinski definition) is 8. The van der Waals surface area contributed by atoms with E-state index >= 15 is 0 Å². The lowest BCUT2D eigenvalue weighted by atomic mass is 9.99. The second kappa shape index (κ2) is 10.1. The van der Waals surface area contributed by atoms with Gasteiger partial charge in [0, 0.05) is 16.1 Å². The Balaban J connectivity index is 1.40. The fourth-order valence-corrected chi connectivity index (χ4v) is 4.24. The van der Waals surface area contributed by atoms with E-state index in [1.54, 1.807) is 61.5 Å². The number of carboxylic acids is 1. The Kier molecular flexibility index (Phi) is 6.57. The summed E-state index contributed by atoms with van der Waals surface area (Å²) in [5, 5.41) is 24.0. The number of amides is 1. The maximum atomic E-state index is 12.6. The van der Waals surface area contributed by atoms with Crippen LogP contribution in [0.2, 0.25) is 5.02 Å². The quantitative estimate of drug-likeness (QED) is 0.260. The molecule has 0 saturated heterocycles. The molecule has 0 aliphatic heterocycles. The number of aromatic nitrogens is 3. The molecular weight excluding hydrogens is 500 g/mol. The van der Waals surface area contributed by atoms with Crippen LogP contribution in [0.1, 0.15) is 24.2 Å². The topological polar surface area (TPSA) is 141 Å². The van der Waals surface area contributed by atoms with Gasteiger partial charge >= 0.3 is 12.1 Å². The number of carbonyl (C=O) groups excluding carboxylic acids is 1. The van der Waals surface area contributed by atoms with Crippen molar-refractivity contribution in [2.75, 3.05) is 5.32 Å². The van der Waals surface area contributed by atoms with Crippen molar-refractivity contribution in [1.82, 2.24) is 15.5 Å². The van der Waals surface area contributed by atoms with Crippen molar-refractivity contribution >= 4 is 40.4 Å². The number of nitrogens with zero attached hydrogens (tertiary/aromatic N) is 3. The third kappa shape index (κ3) is 5.00. The first-order chi connectivity index (χ1) is 17.9. The normalized spacial score (nSPS) is 11.8. The predicted molar refractivity (Wildman–Crippen MR) is 134 cm³/mol. The molecule has 0 radical (unpaired) electrons. The molecule has 5 aromatic rings. The van der Waals surface area contributed by atoms with E-state index in [0.29, 0.717) is 32.7 Å². The number of benzene rings is 3. The molecule has 37 heavy (non-hydrogen) atoms. The molecule has 1 amide bonds. The Morgan fingerprint density at radius 2 is 1.73 bits per heavy atom. The van der Waals surface area contributed by atoms with Crippen LogP contribution in [0.15, 0.2) is 76.0 Å². The molecule has 2 N–H and O–H groups in total. The van der Waals surface area contributed by atoms with E-state index in [1.807, 2.05) is 6.07 Å². The highest BCUT2D eigenvalue weighted by Crippen LogP contribution is 2.37. The summed E-state index contributed by atoms with van der Waals surface area (Å²) in [6.45, 7) is 1.72. The molecule has 1 unspecified atom stereocenters. The first kappa shape index (κ1) is 24.0. The number of nitrogens with one attached hydrogen (secondary N) is 1. The standard InChI is InChI=1S/C26H19ClN4O6/c1-14(17-4-2-3-5-20(17)27)35-26(34)29-21-13-28-36-25(21)19-11-10-18(23-24(19)31-37-30-23)16-8-6-15(7-9-16)12-22(32)33/h2-11,13-14H,12H2,1H3,(H,29,34)(H,32,33).